The van der Waals surface area contributed by atoms with E-state index in [1.165, 1.54) is 5.70 Å². The van der Waals surface area contributed by atoms with Crippen molar-refractivity contribution in [3.63, 3.8) is 0 Å². The minimum Gasteiger partial charge on any atom is -0.484 e. The van der Waals surface area contributed by atoms with Gasteiger partial charge in [-0.2, -0.15) is 0 Å². The number of ether oxygens (including phenoxy) is 1. The Morgan fingerprint density at radius 3 is 2.92 bits per heavy atom. The molecule has 4 rings (SSSR count). The van der Waals surface area contributed by atoms with Crippen molar-refractivity contribution in [3.05, 3.63) is 65.1 Å². The van der Waals surface area contributed by atoms with Crippen LogP contribution in [0.25, 0.3) is 5.70 Å². The number of amidine groups is 1. The van der Waals surface area contributed by atoms with Crippen LogP contribution in [0.5, 0.6) is 5.75 Å². The topological polar surface area (TPSA) is 53.9 Å². The van der Waals surface area contributed by atoms with Crippen LogP contribution in [0, 0.1) is 6.92 Å². The van der Waals surface area contributed by atoms with Crippen molar-refractivity contribution < 1.29 is 9.53 Å². The number of hydrogen-bond acceptors (Lipinski definition) is 5. The molecule has 2 aliphatic rings. The van der Waals surface area contributed by atoms with Gasteiger partial charge in [0.05, 0.1) is 12.2 Å². The van der Waals surface area contributed by atoms with E-state index in [-0.39, 0.29) is 12.5 Å². The summed E-state index contributed by atoms with van der Waals surface area (Å²) in [6, 6.07) is 15.5. The normalized spacial score (nSPS) is 15.3. The van der Waals surface area contributed by atoms with E-state index in [1.807, 2.05) is 55.5 Å². The van der Waals surface area contributed by atoms with E-state index in [4.69, 9.17) is 4.74 Å². The lowest BCUT2D eigenvalue weighted by molar-refractivity contribution is -0.118. The van der Waals surface area contributed by atoms with Crippen molar-refractivity contribution in [1.82, 2.24) is 4.90 Å². The van der Waals surface area contributed by atoms with Crippen LogP contribution in [0.3, 0.4) is 0 Å². The van der Waals surface area contributed by atoms with Crippen LogP contribution in [0.4, 0.5) is 5.69 Å². The Hall–Kier alpha value is -2.73. The lowest BCUT2D eigenvalue weighted by atomic mass is 10.1. The minimum atomic E-state index is -0.177. The van der Waals surface area contributed by atoms with E-state index in [0.29, 0.717) is 5.75 Å². The number of rotatable bonds is 5. The fraction of sp³-hybridized carbons (Fsp3) is 0.200. The predicted octanol–water partition coefficient (Wildman–Crippen LogP) is 3.73. The number of benzene rings is 2. The quantitative estimate of drug-likeness (QED) is 0.877. The van der Waals surface area contributed by atoms with Crippen molar-refractivity contribution >= 4 is 34.2 Å². The molecular formula is C20H19N3O2S. The average molecular weight is 365 g/mol. The number of nitrogens with zero attached hydrogens (tertiary/aromatic N) is 2. The first-order chi connectivity index (χ1) is 12.7. The van der Waals surface area contributed by atoms with Crippen LogP contribution in [-0.2, 0) is 4.79 Å². The van der Waals surface area contributed by atoms with Gasteiger partial charge in [-0.3, -0.25) is 9.79 Å². The average Bonchev–Trinajstić information content (AvgIpc) is 3.25. The second kappa shape index (κ2) is 7.25. The Labute approximate surface area is 156 Å². The minimum absolute atomic E-state index is 0.0133. The zero-order chi connectivity index (χ0) is 17.9. The molecule has 1 amide bonds. The zero-order valence-corrected chi connectivity index (χ0v) is 15.3. The molecule has 0 fully saturated rings. The van der Waals surface area contributed by atoms with Crippen LogP contribution in [0.15, 0.2) is 58.9 Å². The highest BCUT2D eigenvalue weighted by Crippen LogP contribution is 2.35. The van der Waals surface area contributed by atoms with Gasteiger partial charge < -0.3 is 15.0 Å². The summed E-state index contributed by atoms with van der Waals surface area (Å²) >= 11 is 1.66. The first-order valence-corrected chi connectivity index (χ1v) is 9.35. The molecule has 2 aliphatic heterocycles. The number of thioether (sulfide) groups is 1. The number of anilines is 1. The number of aryl methyl sites for hydroxylation is 1. The van der Waals surface area contributed by atoms with E-state index in [0.717, 1.165) is 35.1 Å². The highest BCUT2D eigenvalue weighted by atomic mass is 32.2. The van der Waals surface area contributed by atoms with E-state index in [2.05, 4.69) is 20.6 Å². The summed E-state index contributed by atoms with van der Waals surface area (Å²) in [4.78, 5) is 18.8. The molecular weight excluding hydrogens is 346 g/mol. The molecule has 2 aromatic rings. The van der Waals surface area contributed by atoms with E-state index >= 15 is 0 Å². The molecule has 0 saturated heterocycles. The van der Waals surface area contributed by atoms with Gasteiger partial charge in [0.15, 0.2) is 11.8 Å². The highest BCUT2D eigenvalue weighted by molar-refractivity contribution is 8.16. The SMILES string of the molecule is Cc1cccc(OCC(=O)Nc2ccc(C3=CSC4=NCCN34)cc2)c1. The summed E-state index contributed by atoms with van der Waals surface area (Å²) in [5.74, 6) is 0.521. The lowest BCUT2D eigenvalue weighted by Gasteiger charge is -2.17. The van der Waals surface area contributed by atoms with Crippen molar-refractivity contribution in [1.29, 1.82) is 0 Å². The van der Waals surface area contributed by atoms with Crippen LogP contribution in [0.2, 0.25) is 0 Å². The van der Waals surface area contributed by atoms with Gasteiger partial charge in [0.1, 0.15) is 5.75 Å². The standard InChI is InChI=1S/C20H19N3O2S/c1-14-3-2-4-17(11-14)25-12-19(24)22-16-7-5-15(6-8-16)18-13-26-20-21-9-10-23(18)20/h2-8,11,13H,9-10,12H2,1H3,(H,22,24). The first kappa shape index (κ1) is 16.7. The third-order valence-electron chi connectivity index (χ3n) is 4.19. The van der Waals surface area contributed by atoms with Crippen molar-refractivity contribution in [3.8, 4) is 5.75 Å². The van der Waals surface area contributed by atoms with Gasteiger partial charge in [-0.15, -0.1) is 0 Å². The molecule has 0 radical (unpaired) electrons. The maximum Gasteiger partial charge on any atom is 0.262 e. The fourth-order valence-corrected chi connectivity index (χ4v) is 3.89. The van der Waals surface area contributed by atoms with Gasteiger partial charge in [-0.1, -0.05) is 36.0 Å². The molecule has 1 N–H and O–H groups in total. The molecule has 0 bridgehead atoms. The number of carbonyl (C=O) groups is 1. The Morgan fingerprint density at radius 1 is 1.27 bits per heavy atom. The molecule has 5 nitrogen and oxygen atoms in total. The molecule has 26 heavy (non-hydrogen) atoms. The lowest BCUT2D eigenvalue weighted by Crippen LogP contribution is -2.21. The van der Waals surface area contributed by atoms with Crippen LogP contribution in [0.1, 0.15) is 11.1 Å². The van der Waals surface area contributed by atoms with Crippen molar-refractivity contribution in [2.75, 3.05) is 25.0 Å². The van der Waals surface area contributed by atoms with Crippen molar-refractivity contribution in [2.24, 2.45) is 4.99 Å². The number of carbonyl (C=O) groups excluding carboxylic acids is 1. The maximum atomic E-state index is 12.1. The number of nitrogens with one attached hydrogen (secondary N) is 1. The Balaban J connectivity index is 1.34. The Bertz CT molecular complexity index is 890. The first-order valence-electron chi connectivity index (χ1n) is 8.47. The van der Waals surface area contributed by atoms with Gasteiger partial charge in [0.2, 0.25) is 0 Å². The molecule has 0 spiro atoms. The third kappa shape index (κ3) is 3.60. The van der Waals surface area contributed by atoms with Gasteiger partial charge in [-0.25, -0.2) is 0 Å². The molecule has 0 unspecified atom stereocenters. The summed E-state index contributed by atoms with van der Waals surface area (Å²) in [5.41, 5.74) is 4.16. The van der Waals surface area contributed by atoms with Crippen LogP contribution >= 0.6 is 11.8 Å². The molecule has 6 heteroatoms. The molecule has 132 valence electrons. The second-order valence-corrected chi connectivity index (χ2v) is 7.00. The van der Waals surface area contributed by atoms with Gasteiger partial charge in [0.25, 0.3) is 5.91 Å². The number of amides is 1. The molecule has 0 atom stereocenters. The number of aliphatic imine (C=N–C) groups is 1. The summed E-state index contributed by atoms with van der Waals surface area (Å²) in [5, 5.41) is 6.07. The van der Waals surface area contributed by atoms with Crippen LogP contribution in [-0.4, -0.2) is 35.7 Å². The number of fused-ring (bicyclic) bond motifs is 1. The Morgan fingerprint density at radius 2 is 2.12 bits per heavy atom. The van der Waals surface area contributed by atoms with E-state index < -0.39 is 0 Å². The molecule has 0 aromatic heterocycles. The Kier molecular flexibility index (Phi) is 4.67. The summed E-state index contributed by atoms with van der Waals surface area (Å²) in [6.45, 7) is 3.77. The van der Waals surface area contributed by atoms with Crippen molar-refractivity contribution in [2.45, 2.75) is 6.92 Å². The van der Waals surface area contributed by atoms with Gasteiger partial charge in [0, 0.05) is 17.6 Å². The second-order valence-electron chi connectivity index (χ2n) is 6.17. The molecule has 2 aromatic carbocycles. The third-order valence-corrected chi connectivity index (χ3v) is 5.09. The maximum absolute atomic E-state index is 12.1. The summed E-state index contributed by atoms with van der Waals surface area (Å²) in [6.07, 6.45) is 0. The highest BCUT2D eigenvalue weighted by Gasteiger charge is 2.26. The largest absolute Gasteiger partial charge is 0.484 e. The van der Waals surface area contributed by atoms with Gasteiger partial charge in [-0.05, 0) is 42.3 Å². The predicted molar refractivity (Wildman–Crippen MR) is 106 cm³/mol. The van der Waals surface area contributed by atoms with Gasteiger partial charge >= 0.3 is 0 Å². The zero-order valence-electron chi connectivity index (χ0n) is 14.4. The summed E-state index contributed by atoms with van der Waals surface area (Å²) < 4.78 is 5.53. The number of hydrogen-bond donors (Lipinski definition) is 1. The smallest absolute Gasteiger partial charge is 0.262 e. The monoisotopic (exact) mass is 365 g/mol. The summed E-state index contributed by atoms with van der Waals surface area (Å²) in [7, 11) is 0. The van der Waals surface area contributed by atoms with E-state index in [9.17, 15) is 4.79 Å². The molecule has 0 aliphatic carbocycles. The van der Waals surface area contributed by atoms with Crippen LogP contribution < -0.4 is 10.1 Å². The molecule has 0 saturated carbocycles. The fourth-order valence-electron chi connectivity index (χ4n) is 2.92. The molecule has 2 heterocycles. The van der Waals surface area contributed by atoms with E-state index in [1.54, 1.807) is 11.8 Å².